The number of methoxy groups -OCH3 is 1. The zero-order valence-corrected chi connectivity index (χ0v) is 11.3. The van der Waals surface area contributed by atoms with Crippen LogP contribution in [0.4, 0.5) is 4.79 Å². The maximum Gasteiger partial charge on any atom is 0.410 e. The predicted molar refractivity (Wildman–Crippen MR) is 64.3 cm³/mol. The number of carbonyl (C=O) groups is 2. The molecule has 0 saturated carbocycles. The number of carboxylic acid groups (broad SMARTS) is 1. The molecule has 1 N–H and O–H groups in total. The highest BCUT2D eigenvalue weighted by Gasteiger charge is 2.40. The lowest BCUT2D eigenvalue weighted by Crippen LogP contribution is -2.41. The van der Waals surface area contributed by atoms with E-state index < -0.39 is 23.6 Å². The molecule has 0 spiro atoms. The minimum absolute atomic E-state index is 0.179. The second-order valence-electron chi connectivity index (χ2n) is 5.51. The fourth-order valence-corrected chi connectivity index (χ4v) is 1.99. The number of carbonyl (C=O) groups excluding carboxylic acids is 1. The van der Waals surface area contributed by atoms with Gasteiger partial charge in [0.15, 0.2) is 0 Å². The van der Waals surface area contributed by atoms with Gasteiger partial charge in [-0.1, -0.05) is 0 Å². The lowest BCUT2D eigenvalue weighted by molar-refractivity contribution is -0.141. The van der Waals surface area contributed by atoms with Crippen LogP contribution in [0.3, 0.4) is 0 Å². The maximum absolute atomic E-state index is 12.0. The molecule has 1 amide bonds. The van der Waals surface area contributed by atoms with Crippen LogP contribution >= 0.6 is 0 Å². The van der Waals surface area contributed by atoms with E-state index >= 15 is 0 Å². The third-order valence-electron chi connectivity index (χ3n) is 2.75. The van der Waals surface area contributed by atoms with Crippen LogP contribution in [-0.2, 0) is 14.3 Å². The third kappa shape index (κ3) is 3.87. The van der Waals surface area contributed by atoms with Crippen molar-refractivity contribution >= 4 is 12.1 Å². The first kappa shape index (κ1) is 14.8. The van der Waals surface area contributed by atoms with E-state index in [0.717, 1.165) is 0 Å². The van der Waals surface area contributed by atoms with Crippen LogP contribution in [-0.4, -0.2) is 54.0 Å². The van der Waals surface area contributed by atoms with Gasteiger partial charge in [0.25, 0.3) is 0 Å². The molecule has 2 unspecified atom stereocenters. The minimum Gasteiger partial charge on any atom is -0.481 e. The molecule has 2 atom stereocenters. The molecule has 6 nitrogen and oxygen atoms in total. The number of nitrogens with zero attached hydrogens (tertiary/aromatic N) is 1. The number of likely N-dealkylation sites (tertiary alicyclic amines) is 1. The molecule has 1 heterocycles. The fourth-order valence-electron chi connectivity index (χ4n) is 1.99. The van der Waals surface area contributed by atoms with Crippen molar-refractivity contribution < 1.29 is 24.2 Å². The Labute approximate surface area is 107 Å². The number of aliphatic carboxylic acids is 1. The Morgan fingerprint density at radius 2 is 2.00 bits per heavy atom. The molecular formula is C12H21NO5. The van der Waals surface area contributed by atoms with Crippen molar-refractivity contribution in [2.45, 2.75) is 38.8 Å². The van der Waals surface area contributed by atoms with Gasteiger partial charge in [0.1, 0.15) is 5.60 Å². The second-order valence-corrected chi connectivity index (χ2v) is 5.51. The van der Waals surface area contributed by atoms with Crippen LogP contribution in [0.25, 0.3) is 0 Å². The summed E-state index contributed by atoms with van der Waals surface area (Å²) < 4.78 is 10.3. The van der Waals surface area contributed by atoms with E-state index in [1.807, 2.05) is 0 Å². The average Bonchev–Trinajstić information content (AvgIpc) is 2.59. The quantitative estimate of drug-likeness (QED) is 0.827. The maximum atomic E-state index is 12.0. The molecule has 0 bridgehead atoms. The molecule has 18 heavy (non-hydrogen) atoms. The van der Waals surface area contributed by atoms with Crippen LogP contribution in [0.2, 0.25) is 0 Å². The SMILES string of the molecule is COCC1CC(C(=O)O)CN1C(=O)OC(C)(C)C. The van der Waals surface area contributed by atoms with Crippen molar-refractivity contribution in [3.8, 4) is 0 Å². The number of rotatable bonds is 3. The topological polar surface area (TPSA) is 76.1 Å². The van der Waals surface area contributed by atoms with Crippen molar-refractivity contribution in [3.05, 3.63) is 0 Å². The summed E-state index contributed by atoms with van der Waals surface area (Å²) in [6.45, 7) is 5.84. The summed E-state index contributed by atoms with van der Waals surface area (Å²) >= 11 is 0. The third-order valence-corrected chi connectivity index (χ3v) is 2.75. The first-order valence-electron chi connectivity index (χ1n) is 5.96. The molecule has 104 valence electrons. The number of amides is 1. The Kier molecular flexibility index (Phi) is 4.56. The summed E-state index contributed by atoms with van der Waals surface area (Å²) in [7, 11) is 1.53. The minimum atomic E-state index is -0.887. The van der Waals surface area contributed by atoms with Gasteiger partial charge in [0.2, 0.25) is 0 Å². The van der Waals surface area contributed by atoms with E-state index in [4.69, 9.17) is 14.6 Å². The number of carboxylic acids is 1. The van der Waals surface area contributed by atoms with Crippen LogP contribution in [0, 0.1) is 5.92 Å². The van der Waals surface area contributed by atoms with Crippen LogP contribution < -0.4 is 0 Å². The highest BCUT2D eigenvalue weighted by Crippen LogP contribution is 2.25. The smallest absolute Gasteiger partial charge is 0.410 e. The monoisotopic (exact) mass is 259 g/mol. The second kappa shape index (κ2) is 5.56. The predicted octanol–water partition coefficient (Wildman–Crippen LogP) is 1.34. The van der Waals surface area contributed by atoms with E-state index in [1.54, 1.807) is 20.8 Å². The van der Waals surface area contributed by atoms with E-state index in [0.29, 0.717) is 13.0 Å². The molecule has 6 heteroatoms. The summed E-state index contributed by atoms with van der Waals surface area (Å²) in [4.78, 5) is 24.4. The highest BCUT2D eigenvalue weighted by molar-refractivity contribution is 5.74. The largest absolute Gasteiger partial charge is 0.481 e. The Hall–Kier alpha value is -1.30. The van der Waals surface area contributed by atoms with E-state index in [9.17, 15) is 9.59 Å². The van der Waals surface area contributed by atoms with Gasteiger partial charge in [0, 0.05) is 13.7 Å². The van der Waals surface area contributed by atoms with Gasteiger partial charge in [-0.3, -0.25) is 4.79 Å². The van der Waals surface area contributed by atoms with Crippen LogP contribution in [0.5, 0.6) is 0 Å². The summed E-state index contributed by atoms with van der Waals surface area (Å²) in [6, 6.07) is -0.231. The molecule has 1 aliphatic rings. The number of hydrogen-bond acceptors (Lipinski definition) is 4. The van der Waals surface area contributed by atoms with Crippen molar-refractivity contribution in [1.82, 2.24) is 4.90 Å². The standard InChI is InChI=1S/C12H21NO5/c1-12(2,3)18-11(16)13-6-8(10(14)15)5-9(13)7-17-4/h8-9H,5-7H2,1-4H3,(H,14,15). The van der Waals surface area contributed by atoms with Gasteiger partial charge in [-0.05, 0) is 27.2 Å². The van der Waals surface area contributed by atoms with Crippen LogP contribution in [0.1, 0.15) is 27.2 Å². The Morgan fingerprint density at radius 1 is 1.39 bits per heavy atom. The Bertz CT molecular complexity index is 323. The van der Waals surface area contributed by atoms with Crippen molar-refractivity contribution in [2.24, 2.45) is 5.92 Å². The zero-order chi connectivity index (χ0) is 13.9. The molecule has 0 aromatic carbocycles. The van der Waals surface area contributed by atoms with Gasteiger partial charge in [-0.25, -0.2) is 4.79 Å². The molecule has 1 fully saturated rings. The number of ether oxygens (including phenoxy) is 2. The zero-order valence-electron chi connectivity index (χ0n) is 11.3. The van der Waals surface area contributed by atoms with Crippen molar-refractivity contribution in [3.63, 3.8) is 0 Å². The van der Waals surface area contributed by atoms with Gasteiger partial charge in [0.05, 0.1) is 18.6 Å². The molecule has 0 aromatic rings. The van der Waals surface area contributed by atoms with Crippen molar-refractivity contribution in [1.29, 1.82) is 0 Å². The molecule has 0 radical (unpaired) electrons. The van der Waals surface area contributed by atoms with Gasteiger partial charge >= 0.3 is 12.1 Å². The summed E-state index contributed by atoms with van der Waals surface area (Å²) in [5.41, 5.74) is -0.587. The molecule has 0 aliphatic carbocycles. The molecule has 1 saturated heterocycles. The summed E-state index contributed by atoms with van der Waals surface area (Å²) in [5, 5.41) is 9.01. The molecular weight excluding hydrogens is 238 g/mol. The number of hydrogen-bond donors (Lipinski definition) is 1. The average molecular weight is 259 g/mol. The highest BCUT2D eigenvalue weighted by atomic mass is 16.6. The lowest BCUT2D eigenvalue weighted by atomic mass is 10.1. The van der Waals surface area contributed by atoms with E-state index in [2.05, 4.69) is 0 Å². The Morgan fingerprint density at radius 3 is 2.44 bits per heavy atom. The van der Waals surface area contributed by atoms with Crippen molar-refractivity contribution in [2.75, 3.05) is 20.3 Å². The van der Waals surface area contributed by atoms with Gasteiger partial charge < -0.3 is 19.5 Å². The fraction of sp³-hybridized carbons (Fsp3) is 0.833. The summed E-state index contributed by atoms with van der Waals surface area (Å²) in [6.07, 6.45) is -0.0733. The molecule has 0 aromatic heterocycles. The first-order valence-corrected chi connectivity index (χ1v) is 5.96. The Balaban J connectivity index is 2.71. The van der Waals surface area contributed by atoms with E-state index in [-0.39, 0.29) is 12.6 Å². The summed E-state index contributed by atoms with van der Waals surface area (Å²) in [5.74, 6) is -1.43. The van der Waals surface area contributed by atoms with Gasteiger partial charge in [-0.15, -0.1) is 0 Å². The van der Waals surface area contributed by atoms with E-state index in [1.165, 1.54) is 12.0 Å². The molecule has 1 rings (SSSR count). The first-order chi connectivity index (χ1) is 8.24. The molecule has 1 aliphatic heterocycles. The normalized spacial score (nSPS) is 24.1. The lowest BCUT2D eigenvalue weighted by Gasteiger charge is -2.28. The van der Waals surface area contributed by atoms with Crippen LogP contribution in [0.15, 0.2) is 0 Å². The van der Waals surface area contributed by atoms with Gasteiger partial charge in [-0.2, -0.15) is 0 Å².